The van der Waals surface area contributed by atoms with Crippen LogP contribution in [0.3, 0.4) is 0 Å². The normalized spacial score (nSPS) is 17.2. The Balaban J connectivity index is 2.08. The molecule has 0 radical (unpaired) electrons. The highest BCUT2D eigenvalue weighted by Gasteiger charge is 2.37. The Morgan fingerprint density at radius 2 is 1.53 bits per heavy atom. The number of aliphatic hydroxyl groups is 1. The number of ether oxygens (including phenoxy) is 2. The highest BCUT2D eigenvalue weighted by molar-refractivity contribution is 5.97. The standard InChI is InChI=1S/C48H71N7O9/c1-4-5-6-7-8-9-10-13-45(60)53-38(19-24-56)41(58)31-35(18-21-50)48(62)55(3)46-34-15-17-44(64-26-23-52)37(30-34)36-28-33(14-16-43(36)63-25-22-51)29-39(40(57)12-11-20-49)54-47(61)32(2)27-42(46)59/h14-17,28,30,32,35,38-39,46,56H,4-13,18-19,21-27,29,31,50-52H2,1-3H3,(H,53,60)(H,54,61)/t32-,35-,38+,39+,46+/m1/s1. The van der Waals surface area contributed by atoms with Crippen LogP contribution in [-0.4, -0.2) is 104 Å². The zero-order valence-electron chi connectivity index (χ0n) is 38.0. The van der Waals surface area contributed by atoms with Crippen molar-refractivity contribution in [1.82, 2.24) is 15.5 Å². The zero-order chi connectivity index (χ0) is 47.0. The third-order valence-electron chi connectivity index (χ3n) is 11.5. The fourth-order valence-corrected chi connectivity index (χ4v) is 7.98. The van der Waals surface area contributed by atoms with E-state index in [1.165, 1.54) is 18.4 Å². The molecule has 0 spiro atoms. The number of nitrogens with two attached hydrogens (primary N) is 3. The number of amides is 3. The number of fused-ring (bicyclic) bond motifs is 5. The number of Topliss-reactive ketones (excluding diaryl/α,β-unsaturated/α-hetero) is 3. The second-order valence-corrected chi connectivity index (χ2v) is 16.6. The van der Waals surface area contributed by atoms with Gasteiger partial charge in [-0.25, -0.2) is 0 Å². The van der Waals surface area contributed by atoms with Gasteiger partial charge in [0.2, 0.25) is 17.7 Å². The summed E-state index contributed by atoms with van der Waals surface area (Å²) in [5.41, 5.74) is 19.7. The first kappa shape index (κ1) is 53.1. The van der Waals surface area contributed by atoms with Crippen LogP contribution >= 0.6 is 0 Å². The smallest absolute Gasteiger partial charge is 0.226 e. The van der Waals surface area contributed by atoms with E-state index in [1.54, 1.807) is 43.3 Å². The van der Waals surface area contributed by atoms with E-state index >= 15 is 0 Å². The van der Waals surface area contributed by atoms with Gasteiger partial charge in [-0.2, -0.15) is 5.26 Å². The number of aliphatic hydroxyl groups excluding tert-OH is 1. The number of carbonyl (C=O) groups is 6. The van der Waals surface area contributed by atoms with E-state index < -0.39 is 53.3 Å². The molecule has 0 saturated carbocycles. The number of unbranched alkanes of at least 4 members (excludes halogenated alkanes) is 6. The van der Waals surface area contributed by atoms with Crippen molar-refractivity contribution in [1.29, 1.82) is 5.26 Å². The number of likely N-dealkylation sites (N-methyl/N-ethyl adjacent to an activating group) is 1. The Morgan fingerprint density at radius 1 is 0.891 bits per heavy atom. The SMILES string of the molecule is CCCCCCCCCC(=O)N[C@@H](CCO)C(=O)C[C@@H](CCN)C(=O)N(C)[C@@H]1C(=O)C[C@@H](C)C(=O)N[C@H](C(=O)CCC#N)Cc2ccc(OCCN)c(c2)-c2cc1ccc2OCCN. The van der Waals surface area contributed by atoms with Gasteiger partial charge in [0.1, 0.15) is 30.8 Å². The van der Waals surface area contributed by atoms with Crippen LogP contribution in [0.1, 0.15) is 121 Å². The molecule has 9 N–H and O–H groups in total. The molecule has 16 nitrogen and oxygen atoms in total. The first-order valence-corrected chi connectivity index (χ1v) is 22.9. The Bertz CT molecular complexity index is 1900. The summed E-state index contributed by atoms with van der Waals surface area (Å²) in [6.45, 7) is 4.11. The van der Waals surface area contributed by atoms with Crippen molar-refractivity contribution in [3.8, 4) is 28.7 Å². The number of rotatable bonds is 27. The molecule has 2 aromatic rings. The van der Waals surface area contributed by atoms with Gasteiger partial charge < -0.3 is 47.3 Å². The van der Waals surface area contributed by atoms with E-state index in [4.69, 9.17) is 26.7 Å². The van der Waals surface area contributed by atoms with Gasteiger partial charge in [0.25, 0.3) is 0 Å². The lowest BCUT2D eigenvalue weighted by Gasteiger charge is -2.32. The molecule has 0 saturated heterocycles. The van der Waals surface area contributed by atoms with Crippen LogP contribution in [0.25, 0.3) is 11.1 Å². The number of ketones is 3. The molecule has 0 fully saturated rings. The first-order chi connectivity index (χ1) is 30.8. The maximum atomic E-state index is 14.7. The highest BCUT2D eigenvalue weighted by atomic mass is 16.5. The quantitative estimate of drug-likeness (QED) is 0.0695. The Labute approximate surface area is 378 Å². The van der Waals surface area contributed by atoms with Gasteiger partial charge in [0, 0.05) is 81.8 Å². The van der Waals surface area contributed by atoms with E-state index in [9.17, 15) is 39.1 Å². The molecular formula is C48H71N7O9. The Kier molecular flexibility index (Phi) is 23.7. The third-order valence-corrected chi connectivity index (χ3v) is 11.5. The van der Waals surface area contributed by atoms with Gasteiger partial charge in [-0.15, -0.1) is 0 Å². The molecule has 3 amide bonds. The van der Waals surface area contributed by atoms with Crippen LogP contribution in [0.5, 0.6) is 11.5 Å². The largest absolute Gasteiger partial charge is 0.492 e. The van der Waals surface area contributed by atoms with Crippen LogP contribution < -0.4 is 37.3 Å². The molecule has 1 aliphatic heterocycles. The number of carbonyl (C=O) groups excluding carboxylic acids is 6. The fraction of sp³-hybridized carbons (Fsp3) is 0.604. The number of hydrogen-bond donors (Lipinski definition) is 6. The Hall–Kier alpha value is -5.21. The van der Waals surface area contributed by atoms with E-state index in [0.717, 1.165) is 32.1 Å². The summed E-state index contributed by atoms with van der Waals surface area (Å²) in [6, 6.07) is 9.01. The average Bonchev–Trinajstić information content (AvgIpc) is 3.28. The van der Waals surface area contributed by atoms with E-state index in [1.807, 2.05) is 6.07 Å². The number of nitrogens with zero attached hydrogens (tertiary/aromatic N) is 2. The maximum Gasteiger partial charge on any atom is 0.226 e. The van der Waals surface area contributed by atoms with Crippen molar-refractivity contribution in [2.75, 3.05) is 46.5 Å². The molecule has 352 valence electrons. The number of benzene rings is 2. The van der Waals surface area contributed by atoms with Crippen LogP contribution in [0.15, 0.2) is 36.4 Å². The van der Waals surface area contributed by atoms with Gasteiger partial charge in [-0.05, 0) is 67.6 Å². The van der Waals surface area contributed by atoms with Gasteiger partial charge >= 0.3 is 0 Å². The van der Waals surface area contributed by atoms with Crippen molar-refractivity contribution >= 4 is 35.1 Å². The molecule has 3 rings (SSSR count). The lowest BCUT2D eigenvalue weighted by atomic mass is 9.88. The molecule has 1 heterocycles. The van der Waals surface area contributed by atoms with Crippen molar-refractivity contribution in [3.05, 3.63) is 47.5 Å². The maximum absolute atomic E-state index is 14.7. The summed E-state index contributed by atoms with van der Waals surface area (Å²) in [4.78, 5) is 84.6. The number of hydrogen-bond acceptors (Lipinski definition) is 13. The minimum absolute atomic E-state index is 0.0354. The van der Waals surface area contributed by atoms with Crippen LogP contribution in [0, 0.1) is 23.2 Å². The predicted octanol–water partition coefficient (Wildman–Crippen LogP) is 3.97. The Morgan fingerprint density at radius 3 is 2.16 bits per heavy atom. The molecule has 0 unspecified atom stereocenters. The van der Waals surface area contributed by atoms with Crippen LogP contribution in [-0.2, 0) is 35.2 Å². The van der Waals surface area contributed by atoms with E-state index in [-0.39, 0.29) is 103 Å². The predicted molar refractivity (Wildman–Crippen MR) is 244 cm³/mol. The van der Waals surface area contributed by atoms with Crippen LogP contribution in [0.4, 0.5) is 0 Å². The lowest BCUT2D eigenvalue weighted by molar-refractivity contribution is -0.144. The second-order valence-electron chi connectivity index (χ2n) is 16.6. The molecule has 2 aromatic carbocycles. The summed E-state index contributed by atoms with van der Waals surface area (Å²) in [6.07, 6.45) is 6.78. The van der Waals surface area contributed by atoms with Gasteiger partial charge in [-0.3, -0.25) is 28.8 Å². The molecular weight excluding hydrogens is 819 g/mol. The zero-order valence-corrected chi connectivity index (χ0v) is 38.0. The van der Waals surface area contributed by atoms with Gasteiger partial charge in [-0.1, -0.05) is 64.5 Å². The molecule has 64 heavy (non-hydrogen) atoms. The topological polar surface area (TPSA) is 270 Å². The monoisotopic (exact) mass is 890 g/mol. The second kappa shape index (κ2) is 28.6. The number of nitrogens with one attached hydrogen (secondary N) is 2. The molecule has 1 aliphatic rings. The number of nitriles is 1. The molecule has 5 atom stereocenters. The minimum atomic E-state index is -1.28. The highest BCUT2D eigenvalue weighted by Crippen LogP contribution is 2.41. The van der Waals surface area contributed by atoms with Gasteiger partial charge in [0.15, 0.2) is 17.3 Å². The summed E-state index contributed by atoms with van der Waals surface area (Å²) in [5.74, 6) is -3.83. The minimum Gasteiger partial charge on any atom is -0.492 e. The summed E-state index contributed by atoms with van der Waals surface area (Å²) in [5, 5.41) is 24.6. The van der Waals surface area contributed by atoms with Crippen molar-refractivity contribution in [3.63, 3.8) is 0 Å². The van der Waals surface area contributed by atoms with Crippen LogP contribution in [0.2, 0.25) is 0 Å². The molecule has 4 bridgehead atoms. The van der Waals surface area contributed by atoms with Crippen molar-refractivity contribution in [2.24, 2.45) is 29.0 Å². The van der Waals surface area contributed by atoms with E-state index in [2.05, 4.69) is 17.6 Å². The summed E-state index contributed by atoms with van der Waals surface area (Å²) < 4.78 is 12.2. The third kappa shape index (κ3) is 16.4. The molecule has 16 heteroatoms. The lowest BCUT2D eigenvalue weighted by Crippen LogP contribution is -2.46. The fourth-order valence-electron chi connectivity index (χ4n) is 7.98. The average molecular weight is 890 g/mol. The van der Waals surface area contributed by atoms with Crippen molar-refractivity contribution < 1.29 is 43.3 Å². The summed E-state index contributed by atoms with van der Waals surface area (Å²) in [7, 11) is 1.46. The molecule has 0 aromatic heterocycles. The molecule has 0 aliphatic carbocycles. The van der Waals surface area contributed by atoms with E-state index in [0.29, 0.717) is 40.2 Å². The first-order valence-electron chi connectivity index (χ1n) is 22.9. The van der Waals surface area contributed by atoms with Gasteiger partial charge in [0.05, 0.1) is 18.2 Å². The summed E-state index contributed by atoms with van der Waals surface area (Å²) >= 11 is 0. The van der Waals surface area contributed by atoms with Crippen molar-refractivity contribution in [2.45, 2.75) is 128 Å².